The van der Waals surface area contributed by atoms with Gasteiger partial charge in [0.25, 0.3) is 5.91 Å². The van der Waals surface area contributed by atoms with Crippen molar-refractivity contribution < 1.29 is 14.1 Å². The number of anilines is 1. The Balaban J connectivity index is 1.47. The fourth-order valence-corrected chi connectivity index (χ4v) is 3.76. The predicted molar refractivity (Wildman–Crippen MR) is 97.6 cm³/mol. The Morgan fingerprint density at radius 2 is 1.85 bits per heavy atom. The monoisotopic (exact) mass is 393 g/mol. The van der Waals surface area contributed by atoms with Crippen LogP contribution in [-0.2, 0) is 4.79 Å². The third-order valence-electron chi connectivity index (χ3n) is 4.67. The molecule has 0 spiro atoms. The number of hydrogen-bond acceptors (Lipinski definition) is 4. The molecule has 2 fully saturated rings. The molecular weight excluding hydrogens is 377 g/mol. The van der Waals surface area contributed by atoms with Gasteiger partial charge >= 0.3 is 0 Å². The van der Waals surface area contributed by atoms with Crippen molar-refractivity contribution in [3.8, 4) is 0 Å². The Morgan fingerprint density at radius 3 is 2.54 bits per heavy atom. The van der Waals surface area contributed by atoms with Gasteiger partial charge in [0.2, 0.25) is 5.91 Å². The molecule has 2 aromatic rings. The predicted octanol–water partition coefficient (Wildman–Crippen LogP) is 4.10. The third kappa shape index (κ3) is 3.57. The number of carbonyl (C=O) groups is 2. The van der Waals surface area contributed by atoms with Gasteiger partial charge in [0.05, 0.1) is 0 Å². The van der Waals surface area contributed by atoms with Crippen LogP contribution in [0.4, 0.5) is 5.69 Å². The van der Waals surface area contributed by atoms with Crippen molar-refractivity contribution in [2.24, 2.45) is 0 Å². The molecule has 1 aromatic heterocycles. The molecule has 2 heterocycles. The van der Waals surface area contributed by atoms with Crippen LogP contribution in [0.3, 0.4) is 0 Å². The minimum Gasteiger partial charge on any atom is -0.360 e. The van der Waals surface area contributed by atoms with Crippen LogP contribution in [0.5, 0.6) is 0 Å². The molecule has 26 heavy (non-hydrogen) atoms. The van der Waals surface area contributed by atoms with Gasteiger partial charge in [0, 0.05) is 34.3 Å². The minimum atomic E-state index is -0.554. The Morgan fingerprint density at radius 1 is 1.12 bits per heavy atom. The van der Waals surface area contributed by atoms with E-state index in [1.54, 1.807) is 29.2 Å². The Labute approximate surface area is 160 Å². The second-order valence-corrected chi connectivity index (χ2v) is 7.57. The van der Waals surface area contributed by atoms with Crippen LogP contribution in [0.1, 0.15) is 47.8 Å². The molecule has 1 atom stereocenters. The van der Waals surface area contributed by atoms with Crippen LogP contribution < -0.4 is 5.32 Å². The highest BCUT2D eigenvalue weighted by molar-refractivity contribution is 6.35. The van der Waals surface area contributed by atoms with E-state index < -0.39 is 6.04 Å². The van der Waals surface area contributed by atoms with E-state index in [4.69, 9.17) is 27.7 Å². The zero-order valence-electron chi connectivity index (χ0n) is 13.9. The molecule has 136 valence electrons. The van der Waals surface area contributed by atoms with Crippen molar-refractivity contribution in [2.45, 2.75) is 37.6 Å². The smallest absolute Gasteiger partial charge is 0.276 e. The molecule has 1 saturated heterocycles. The maximum absolute atomic E-state index is 12.8. The first kappa shape index (κ1) is 17.4. The van der Waals surface area contributed by atoms with Gasteiger partial charge in [0.15, 0.2) is 5.69 Å². The molecule has 1 aromatic carbocycles. The third-order valence-corrected chi connectivity index (χ3v) is 5.11. The van der Waals surface area contributed by atoms with Gasteiger partial charge in [-0.05, 0) is 43.9 Å². The molecular formula is C18H17Cl2N3O3. The van der Waals surface area contributed by atoms with Crippen LogP contribution in [-0.4, -0.2) is 34.5 Å². The molecule has 6 nitrogen and oxygen atoms in total. The quantitative estimate of drug-likeness (QED) is 0.847. The standard InChI is InChI=1S/C18H17Cl2N3O3/c19-11-6-12(20)8-13(7-11)21-17(24)15-2-1-5-23(15)18(25)14-9-16(26-22-14)10-3-4-10/h6-10,15H,1-5H2,(H,21,24)/t15-/m0/s1. The van der Waals surface area contributed by atoms with E-state index in [1.165, 1.54) is 0 Å². The summed E-state index contributed by atoms with van der Waals surface area (Å²) in [5, 5.41) is 7.55. The fraction of sp³-hybridized carbons (Fsp3) is 0.389. The van der Waals surface area contributed by atoms with E-state index in [0.29, 0.717) is 34.6 Å². The highest BCUT2D eigenvalue weighted by Gasteiger charge is 2.37. The lowest BCUT2D eigenvalue weighted by molar-refractivity contribution is -0.119. The van der Waals surface area contributed by atoms with Crippen LogP contribution in [0.2, 0.25) is 10.0 Å². The first-order valence-electron chi connectivity index (χ1n) is 8.56. The Bertz CT molecular complexity index is 843. The second-order valence-electron chi connectivity index (χ2n) is 6.69. The van der Waals surface area contributed by atoms with Crippen molar-refractivity contribution >= 4 is 40.7 Å². The van der Waals surface area contributed by atoms with Crippen molar-refractivity contribution in [2.75, 3.05) is 11.9 Å². The normalized spacial score (nSPS) is 19.6. The zero-order chi connectivity index (χ0) is 18.3. The molecule has 2 aliphatic rings. The first-order valence-corrected chi connectivity index (χ1v) is 9.31. The van der Waals surface area contributed by atoms with Gasteiger partial charge in [-0.3, -0.25) is 9.59 Å². The van der Waals surface area contributed by atoms with Crippen LogP contribution >= 0.6 is 23.2 Å². The largest absolute Gasteiger partial charge is 0.360 e. The number of nitrogens with zero attached hydrogens (tertiary/aromatic N) is 2. The van der Waals surface area contributed by atoms with Crippen molar-refractivity contribution in [1.82, 2.24) is 10.1 Å². The lowest BCUT2D eigenvalue weighted by atomic mass is 10.2. The summed E-state index contributed by atoms with van der Waals surface area (Å²) in [6.07, 6.45) is 3.49. The lowest BCUT2D eigenvalue weighted by Crippen LogP contribution is -2.43. The molecule has 2 amide bonds. The van der Waals surface area contributed by atoms with Gasteiger partial charge in [-0.2, -0.15) is 0 Å². The van der Waals surface area contributed by atoms with Crippen molar-refractivity contribution in [3.63, 3.8) is 0 Å². The highest BCUT2D eigenvalue weighted by atomic mass is 35.5. The number of likely N-dealkylation sites (tertiary alicyclic amines) is 1. The van der Waals surface area contributed by atoms with E-state index >= 15 is 0 Å². The van der Waals surface area contributed by atoms with Crippen LogP contribution in [0.25, 0.3) is 0 Å². The molecule has 8 heteroatoms. The summed E-state index contributed by atoms with van der Waals surface area (Å²) in [6, 6.07) is 5.97. The average Bonchev–Trinajstić information content (AvgIpc) is 3.12. The first-order chi connectivity index (χ1) is 12.5. The molecule has 0 bridgehead atoms. The van der Waals surface area contributed by atoms with E-state index in [1.807, 2.05) is 0 Å². The molecule has 1 N–H and O–H groups in total. The summed E-state index contributed by atoms with van der Waals surface area (Å²) in [5.74, 6) is 0.596. The number of benzene rings is 1. The van der Waals surface area contributed by atoms with Gasteiger partial charge in [-0.1, -0.05) is 28.4 Å². The minimum absolute atomic E-state index is 0.261. The fourth-order valence-electron chi connectivity index (χ4n) is 3.23. The number of amides is 2. The van der Waals surface area contributed by atoms with E-state index in [9.17, 15) is 9.59 Å². The highest BCUT2D eigenvalue weighted by Crippen LogP contribution is 2.40. The van der Waals surface area contributed by atoms with Crippen molar-refractivity contribution in [3.05, 3.63) is 45.8 Å². The number of hydrogen-bond donors (Lipinski definition) is 1. The number of rotatable bonds is 4. The van der Waals surface area contributed by atoms with Gasteiger partial charge < -0.3 is 14.7 Å². The maximum atomic E-state index is 12.8. The van der Waals surface area contributed by atoms with Crippen molar-refractivity contribution in [1.29, 1.82) is 0 Å². The summed E-state index contributed by atoms with van der Waals surface area (Å²) < 4.78 is 5.26. The summed E-state index contributed by atoms with van der Waals surface area (Å²) >= 11 is 11.9. The maximum Gasteiger partial charge on any atom is 0.276 e. The molecule has 0 unspecified atom stereocenters. The van der Waals surface area contributed by atoms with Gasteiger partial charge in [-0.25, -0.2) is 0 Å². The molecule has 1 aliphatic carbocycles. The van der Waals surface area contributed by atoms with E-state index in [0.717, 1.165) is 25.0 Å². The zero-order valence-corrected chi connectivity index (χ0v) is 15.4. The summed E-state index contributed by atoms with van der Waals surface area (Å²) in [7, 11) is 0. The Hall–Kier alpha value is -2.05. The van der Waals surface area contributed by atoms with Crippen LogP contribution in [0, 0.1) is 0 Å². The second kappa shape index (κ2) is 6.93. The Kier molecular flexibility index (Phi) is 4.63. The van der Waals surface area contributed by atoms with Gasteiger partial charge in [0.1, 0.15) is 11.8 Å². The summed E-state index contributed by atoms with van der Waals surface area (Å²) in [6.45, 7) is 0.513. The topological polar surface area (TPSA) is 75.4 Å². The molecule has 1 aliphatic heterocycles. The molecule has 1 saturated carbocycles. The molecule has 0 radical (unpaired) electrons. The number of carbonyl (C=O) groups excluding carboxylic acids is 2. The average molecular weight is 394 g/mol. The summed E-state index contributed by atoms with van der Waals surface area (Å²) in [5.41, 5.74) is 0.765. The molecule has 4 rings (SSSR count). The van der Waals surface area contributed by atoms with E-state index in [-0.39, 0.29) is 17.5 Å². The number of aromatic nitrogens is 1. The lowest BCUT2D eigenvalue weighted by Gasteiger charge is -2.23. The number of nitrogens with one attached hydrogen (secondary N) is 1. The van der Waals surface area contributed by atoms with Gasteiger partial charge in [-0.15, -0.1) is 0 Å². The SMILES string of the molecule is O=C(Nc1cc(Cl)cc(Cl)c1)[C@@H]1CCCN1C(=O)c1cc(C2CC2)on1. The summed E-state index contributed by atoms with van der Waals surface area (Å²) in [4.78, 5) is 27.0. The van der Waals surface area contributed by atoms with Crippen LogP contribution in [0.15, 0.2) is 28.8 Å². The number of halogens is 2. The van der Waals surface area contributed by atoms with E-state index in [2.05, 4.69) is 10.5 Å².